The van der Waals surface area contributed by atoms with Crippen LogP contribution in [0.3, 0.4) is 0 Å². The Morgan fingerprint density at radius 3 is 2.79 bits per heavy atom. The fourth-order valence-corrected chi connectivity index (χ4v) is 5.57. The zero-order valence-corrected chi connectivity index (χ0v) is 16.6. The lowest BCUT2D eigenvalue weighted by Crippen LogP contribution is -2.47. The van der Waals surface area contributed by atoms with Crippen molar-refractivity contribution in [2.45, 2.75) is 36.2 Å². The van der Waals surface area contributed by atoms with Gasteiger partial charge in [-0.2, -0.15) is 8.42 Å². The molecule has 29 heavy (non-hydrogen) atoms. The molecule has 8 heteroatoms. The number of carbonyl (C=O) groups is 1. The van der Waals surface area contributed by atoms with Gasteiger partial charge in [0.1, 0.15) is 16.7 Å². The highest BCUT2D eigenvalue weighted by molar-refractivity contribution is 7.90. The SMILES string of the molecule is O=C(N[C@H]1CCOc2ccccc21)[C@@H]1CCCN1C1=NS(=O)(=O)c2ccccc21. The minimum absolute atomic E-state index is 0.103. The Morgan fingerprint density at radius 1 is 1.10 bits per heavy atom. The number of nitrogens with zero attached hydrogens (tertiary/aromatic N) is 2. The molecule has 0 bridgehead atoms. The fourth-order valence-electron chi connectivity index (χ4n) is 4.35. The van der Waals surface area contributed by atoms with Crippen molar-refractivity contribution in [1.29, 1.82) is 0 Å². The van der Waals surface area contributed by atoms with Gasteiger partial charge >= 0.3 is 0 Å². The Balaban J connectivity index is 1.41. The molecule has 150 valence electrons. The van der Waals surface area contributed by atoms with Crippen LogP contribution in [0.4, 0.5) is 0 Å². The van der Waals surface area contributed by atoms with Gasteiger partial charge in [0, 0.05) is 24.1 Å². The predicted octanol–water partition coefficient (Wildman–Crippen LogP) is 2.24. The molecule has 3 aliphatic heterocycles. The molecule has 3 aliphatic rings. The molecule has 5 rings (SSSR count). The van der Waals surface area contributed by atoms with Crippen LogP contribution in [-0.4, -0.2) is 44.3 Å². The molecule has 0 spiro atoms. The van der Waals surface area contributed by atoms with Crippen molar-refractivity contribution in [2.75, 3.05) is 13.2 Å². The summed E-state index contributed by atoms with van der Waals surface area (Å²) in [5.74, 6) is 1.08. The van der Waals surface area contributed by atoms with Crippen LogP contribution in [0.25, 0.3) is 0 Å². The van der Waals surface area contributed by atoms with Gasteiger partial charge < -0.3 is 15.0 Å². The lowest BCUT2D eigenvalue weighted by atomic mass is 10.00. The van der Waals surface area contributed by atoms with E-state index in [1.807, 2.05) is 29.2 Å². The standard InChI is InChI=1S/C21H21N3O4S/c25-21(22-16-11-13-28-18-9-3-1-6-14(16)18)17-8-5-12-24(17)20-15-7-2-4-10-19(15)29(26,27)23-20/h1-4,6-7,9-10,16-17H,5,8,11-13H2,(H,22,25)/t16-,17-/m0/s1. The molecule has 0 aromatic heterocycles. The van der Waals surface area contributed by atoms with Gasteiger partial charge in [-0.3, -0.25) is 4.79 Å². The zero-order valence-electron chi connectivity index (χ0n) is 15.7. The summed E-state index contributed by atoms with van der Waals surface area (Å²) in [4.78, 5) is 15.2. The fraction of sp³-hybridized carbons (Fsp3) is 0.333. The van der Waals surface area contributed by atoms with E-state index < -0.39 is 16.1 Å². The molecular weight excluding hydrogens is 390 g/mol. The Labute approximate surface area is 169 Å². The number of ether oxygens (including phenoxy) is 1. The summed E-state index contributed by atoms with van der Waals surface area (Å²) in [7, 11) is -3.71. The number of amidine groups is 1. The third-order valence-electron chi connectivity index (χ3n) is 5.72. The molecule has 0 unspecified atom stereocenters. The van der Waals surface area contributed by atoms with E-state index >= 15 is 0 Å². The molecule has 2 aromatic rings. The molecule has 1 N–H and O–H groups in total. The average molecular weight is 411 g/mol. The number of likely N-dealkylation sites (tertiary alicyclic amines) is 1. The van der Waals surface area contributed by atoms with Gasteiger partial charge in [-0.15, -0.1) is 4.40 Å². The highest BCUT2D eigenvalue weighted by Crippen LogP contribution is 2.34. The van der Waals surface area contributed by atoms with Gasteiger partial charge in [0.05, 0.1) is 12.6 Å². The minimum Gasteiger partial charge on any atom is -0.493 e. The molecule has 0 radical (unpaired) electrons. The summed E-state index contributed by atoms with van der Waals surface area (Å²) >= 11 is 0. The number of benzene rings is 2. The molecule has 0 aliphatic carbocycles. The van der Waals surface area contributed by atoms with Crippen LogP contribution in [0.1, 0.15) is 36.4 Å². The first-order valence-corrected chi connectivity index (χ1v) is 11.2. The largest absolute Gasteiger partial charge is 0.493 e. The molecule has 1 amide bonds. The number of carbonyl (C=O) groups excluding carboxylic acids is 1. The van der Waals surface area contributed by atoms with Crippen LogP contribution in [0, 0.1) is 0 Å². The number of hydrogen-bond donors (Lipinski definition) is 1. The van der Waals surface area contributed by atoms with E-state index in [0.717, 1.165) is 17.7 Å². The smallest absolute Gasteiger partial charge is 0.285 e. The van der Waals surface area contributed by atoms with Gasteiger partial charge in [-0.05, 0) is 31.0 Å². The van der Waals surface area contributed by atoms with Crippen LogP contribution in [0.15, 0.2) is 57.8 Å². The molecule has 2 aromatic carbocycles. The van der Waals surface area contributed by atoms with E-state index in [-0.39, 0.29) is 16.8 Å². The van der Waals surface area contributed by atoms with E-state index in [1.165, 1.54) is 0 Å². The van der Waals surface area contributed by atoms with E-state index in [2.05, 4.69) is 9.71 Å². The van der Waals surface area contributed by atoms with Crippen LogP contribution < -0.4 is 10.1 Å². The van der Waals surface area contributed by atoms with E-state index in [4.69, 9.17) is 4.74 Å². The summed E-state index contributed by atoms with van der Waals surface area (Å²) in [6.07, 6.45) is 2.18. The van der Waals surface area contributed by atoms with Crippen molar-refractivity contribution in [3.8, 4) is 5.75 Å². The normalized spacial score (nSPS) is 24.3. The number of nitrogens with one attached hydrogen (secondary N) is 1. The zero-order chi connectivity index (χ0) is 20.0. The first kappa shape index (κ1) is 18.2. The Morgan fingerprint density at radius 2 is 1.90 bits per heavy atom. The maximum Gasteiger partial charge on any atom is 0.285 e. The van der Waals surface area contributed by atoms with Crippen molar-refractivity contribution in [3.63, 3.8) is 0 Å². The van der Waals surface area contributed by atoms with Crippen LogP contribution >= 0.6 is 0 Å². The molecule has 3 heterocycles. The maximum atomic E-state index is 13.2. The monoisotopic (exact) mass is 411 g/mol. The second kappa shape index (κ2) is 6.88. The number of hydrogen-bond acceptors (Lipinski definition) is 5. The van der Waals surface area contributed by atoms with Crippen molar-refractivity contribution in [1.82, 2.24) is 10.2 Å². The average Bonchev–Trinajstić information content (AvgIpc) is 3.31. The highest BCUT2D eigenvalue weighted by atomic mass is 32.2. The van der Waals surface area contributed by atoms with E-state index in [0.29, 0.717) is 37.4 Å². The quantitative estimate of drug-likeness (QED) is 0.819. The number of para-hydroxylation sites is 1. The van der Waals surface area contributed by atoms with Gasteiger partial charge in [-0.25, -0.2) is 0 Å². The third-order valence-corrected chi connectivity index (χ3v) is 7.04. The van der Waals surface area contributed by atoms with Crippen molar-refractivity contribution in [2.24, 2.45) is 4.40 Å². The first-order chi connectivity index (χ1) is 14.0. The van der Waals surface area contributed by atoms with Crippen LogP contribution in [-0.2, 0) is 14.8 Å². The molecular formula is C21H21N3O4S. The van der Waals surface area contributed by atoms with E-state index in [9.17, 15) is 13.2 Å². The van der Waals surface area contributed by atoms with E-state index in [1.54, 1.807) is 24.3 Å². The first-order valence-electron chi connectivity index (χ1n) is 9.78. The number of rotatable bonds is 2. The van der Waals surface area contributed by atoms with Crippen molar-refractivity contribution in [3.05, 3.63) is 59.7 Å². The highest BCUT2D eigenvalue weighted by Gasteiger charge is 2.40. The molecule has 1 saturated heterocycles. The number of fused-ring (bicyclic) bond motifs is 2. The topological polar surface area (TPSA) is 88.1 Å². The molecule has 0 saturated carbocycles. The van der Waals surface area contributed by atoms with Gasteiger partial charge in [-0.1, -0.05) is 30.3 Å². The Bertz CT molecular complexity index is 1110. The third kappa shape index (κ3) is 3.07. The maximum absolute atomic E-state index is 13.2. The lowest BCUT2D eigenvalue weighted by Gasteiger charge is -2.30. The molecule has 1 fully saturated rings. The molecule has 2 atom stereocenters. The van der Waals surface area contributed by atoms with Crippen molar-refractivity contribution < 1.29 is 17.9 Å². The lowest BCUT2D eigenvalue weighted by molar-refractivity contribution is -0.125. The molecule has 7 nitrogen and oxygen atoms in total. The van der Waals surface area contributed by atoms with Gasteiger partial charge in [0.15, 0.2) is 5.84 Å². The Hall–Kier alpha value is -2.87. The second-order valence-corrected chi connectivity index (χ2v) is 9.05. The second-order valence-electron chi connectivity index (χ2n) is 7.47. The van der Waals surface area contributed by atoms with Crippen molar-refractivity contribution >= 4 is 21.8 Å². The van der Waals surface area contributed by atoms with Crippen LogP contribution in [0.2, 0.25) is 0 Å². The van der Waals surface area contributed by atoms with Crippen LogP contribution in [0.5, 0.6) is 5.75 Å². The van der Waals surface area contributed by atoms with Gasteiger partial charge in [0.2, 0.25) is 5.91 Å². The Kier molecular flexibility index (Phi) is 4.31. The summed E-state index contributed by atoms with van der Waals surface area (Å²) in [5.41, 5.74) is 1.55. The van der Waals surface area contributed by atoms with Gasteiger partial charge in [0.25, 0.3) is 10.0 Å². The summed E-state index contributed by atoms with van der Waals surface area (Å²) < 4.78 is 34.5. The summed E-state index contributed by atoms with van der Waals surface area (Å²) in [6.45, 7) is 1.15. The summed E-state index contributed by atoms with van der Waals surface area (Å²) in [6, 6.07) is 14.0. The number of sulfonamides is 1. The minimum atomic E-state index is -3.71. The summed E-state index contributed by atoms with van der Waals surface area (Å²) in [5, 5.41) is 3.15. The predicted molar refractivity (Wildman–Crippen MR) is 107 cm³/mol. The number of amides is 1.